The molecule has 80 valence electrons. The third kappa shape index (κ3) is 1.33. The van der Waals surface area contributed by atoms with E-state index in [9.17, 15) is 13.2 Å². The van der Waals surface area contributed by atoms with E-state index >= 15 is 0 Å². The van der Waals surface area contributed by atoms with Crippen LogP contribution in [0, 0.1) is 0 Å². The summed E-state index contributed by atoms with van der Waals surface area (Å²) >= 11 is 0. The van der Waals surface area contributed by atoms with Crippen LogP contribution in [0.25, 0.3) is 0 Å². The molecule has 2 rings (SSSR count). The SMILES string of the molecule is CCON1C(=O)c2ccccc2S1(=O)=O. The van der Waals surface area contributed by atoms with E-state index in [1.807, 2.05) is 0 Å². The third-order valence-electron chi connectivity index (χ3n) is 2.03. The van der Waals surface area contributed by atoms with Crippen LogP contribution in [0.1, 0.15) is 17.3 Å². The summed E-state index contributed by atoms with van der Waals surface area (Å²) in [6.07, 6.45) is 0. The molecule has 0 saturated heterocycles. The number of rotatable bonds is 2. The Bertz CT molecular complexity index is 509. The Balaban J connectivity index is 2.60. The summed E-state index contributed by atoms with van der Waals surface area (Å²) in [5.41, 5.74) is 0.158. The second-order valence-electron chi connectivity index (χ2n) is 2.95. The minimum atomic E-state index is -3.80. The highest BCUT2D eigenvalue weighted by Crippen LogP contribution is 2.29. The fourth-order valence-corrected chi connectivity index (χ4v) is 2.83. The molecule has 0 aromatic heterocycles. The van der Waals surface area contributed by atoms with Gasteiger partial charge in [-0.15, -0.1) is 4.47 Å². The van der Waals surface area contributed by atoms with Crippen LogP contribution >= 0.6 is 0 Å². The van der Waals surface area contributed by atoms with Crippen LogP contribution in [-0.2, 0) is 14.9 Å². The van der Waals surface area contributed by atoms with Crippen molar-refractivity contribution in [2.24, 2.45) is 0 Å². The second kappa shape index (κ2) is 3.32. The lowest BCUT2D eigenvalue weighted by atomic mass is 10.2. The van der Waals surface area contributed by atoms with Crippen LogP contribution in [0.2, 0.25) is 0 Å². The van der Waals surface area contributed by atoms with Gasteiger partial charge in [0.15, 0.2) is 0 Å². The molecule has 0 aliphatic carbocycles. The van der Waals surface area contributed by atoms with Crippen molar-refractivity contribution in [2.45, 2.75) is 11.8 Å². The van der Waals surface area contributed by atoms with Crippen molar-refractivity contribution in [1.29, 1.82) is 0 Å². The number of nitrogens with zero attached hydrogens (tertiary/aromatic N) is 1. The van der Waals surface area contributed by atoms with Gasteiger partial charge in [0, 0.05) is 0 Å². The molecule has 0 N–H and O–H groups in total. The molecule has 0 unspecified atom stereocenters. The summed E-state index contributed by atoms with van der Waals surface area (Å²) in [4.78, 5) is 16.4. The minimum Gasteiger partial charge on any atom is -0.266 e. The van der Waals surface area contributed by atoms with E-state index < -0.39 is 15.9 Å². The molecule has 0 saturated carbocycles. The second-order valence-corrected chi connectivity index (χ2v) is 4.67. The molecule has 1 aromatic carbocycles. The molecule has 5 nitrogen and oxygen atoms in total. The molecule has 1 heterocycles. The van der Waals surface area contributed by atoms with Gasteiger partial charge in [-0.25, -0.2) is 0 Å². The maximum absolute atomic E-state index is 11.8. The van der Waals surface area contributed by atoms with Gasteiger partial charge in [-0.3, -0.25) is 9.63 Å². The molecule has 0 radical (unpaired) electrons. The van der Waals surface area contributed by atoms with E-state index in [0.717, 1.165) is 0 Å². The van der Waals surface area contributed by atoms with Gasteiger partial charge < -0.3 is 0 Å². The van der Waals surface area contributed by atoms with Crippen molar-refractivity contribution in [3.63, 3.8) is 0 Å². The third-order valence-corrected chi connectivity index (χ3v) is 3.65. The highest BCUT2D eigenvalue weighted by atomic mass is 32.2. The number of carbonyl (C=O) groups is 1. The van der Waals surface area contributed by atoms with E-state index in [0.29, 0.717) is 4.47 Å². The topological polar surface area (TPSA) is 63.7 Å². The molecule has 0 atom stereocenters. The van der Waals surface area contributed by atoms with Crippen molar-refractivity contribution in [2.75, 3.05) is 6.61 Å². The average Bonchev–Trinajstić information content (AvgIpc) is 2.41. The highest BCUT2D eigenvalue weighted by molar-refractivity contribution is 7.90. The van der Waals surface area contributed by atoms with Crippen LogP contribution in [0.15, 0.2) is 29.2 Å². The summed E-state index contributed by atoms with van der Waals surface area (Å²) in [6.45, 7) is 1.74. The molecule has 0 fully saturated rings. The van der Waals surface area contributed by atoms with Gasteiger partial charge in [-0.1, -0.05) is 12.1 Å². The molecule has 1 aliphatic rings. The van der Waals surface area contributed by atoms with E-state index in [1.54, 1.807) is 19.1 Å². The lowest BCUT2D eigenvalue weighted by molar-refractivity contribution is -0.0508. The molecule has 6 heteroatoms. The lowest BCUT2D eigenvalue weighted by Gasteiger charge is -2.12. The van der Waals surface area contributed by atoms with Gasteiger partial charge in [0.2, 0.25) is 0 Å². The van der Waals surface area contributed by atoms with E-state index in [1.165, 1.54) is 12.1 Å². The summed E-state index contributed by atoms with van der Waals surface area (Å²) in [6, 6.07) is 6.04. The van der Waals surface area contributed by atoms with Crippen molar-refractivity contribution in [3.8, 4) is 0 Å². The Kier molecular flexibility index (Phi) is 2.24. The predicted octanol–water partition coefficient (Wildman–Crippen LogP) is 0.783. The highest BCUT2D eigenvalue weighted by Gasteiger charge is 2.42. The Morgan fingerprint density at radius 3 is 2.60 bits per heavy atom. The molecular weight excluding hydrogens is 218 g/mol. The van der Waals surface area contributed by atoms with Crippen molar-refractivity contribution in [1.82, 2.24) is 4.47 Å². The van der Waals surface area contributed by atoms with Crippen LogP contribution in [0.4, 0.5) is 0 Å². The van der Waals surface area contributed by atoms with Gasteiger partial charge in [0.25, 0.3) is 15.9 Å². The lowest BCUT2D eigenvalue weighted by Crippen LogP contribution is -2.30. The molecule has 1 amide bonds. The van der Waals surface area contributed by atoms with E-state index in [2.05, 4.69) is 0 Å². The zero-order valence-electron chi connectivity index (χ0n) is 8.00. The van der Waals surface area contributed by atoms with Crippen LogP contribution in [0.5, 0.6) is 0 Å². The molecule has 0 bridgehead atoms. The van der Waals surface area contributed by atoms with E-state index in [4.69, 9.17) is 4.84 Å². The maximum Gasteiger partial charge on any atom is 0.293 e. The summed E-state index contributed by atoms with van der Waals surface area (Å²) < 4.78 is 24.0. The number of hydrogen-bond donors (Lipinski definition) is 0. The van der Waals surface area contributed by atoms with Crippen molar-refractivity contribution in [3.05, 3.63) is 29.8 Å². The predicted molar refractivity (Wildman–Crippen MR) is 51.4 cm³/mol. The van der Waals surface area contributed by atoms with Gasteiger partial charge in [0.1, 0.15) is 4.90 Å². The van der Waals surface area contributed by atoms with E-state index in [-0.39, 0.29) is 17.1 Å². The minimum absolute atomic E-state index is 0.00319. The number of fused-ring (bicyclic) bond motifs is 1. The van der Waals surface area contributed by atoms with Crippen molar-refractivity contribution >= 4 is 15.9 Å². The standard InChI is InChI=1S/C9H9NO4S/c1-2-14-10-9(11)7-5-3-4-6-8(7)15(10,12)13/h3-6H,2H2,1H3. The summed E-state index contributed by atoms with van der Waals surface area (Å²) in [7, 11) is -3.80. The van der Waals surface area contributed by atoms with Crippen LogP contribution in [-0.4, -0.2) is 25.4 Å². The molecule has 0 spiro atoms. The first-order valence-electron chi connectivity index (χ1n) is 4.40. The fraction of sp³-hybridized carbons (Fsp3) is 0.222. The zero-order valence-corrected chi connectivity index (χ0v) is 8.82. The molecule has 1 aromatic rings. The Labute approximate surface area is 87.3 Å². The quantitative estimate of drug-likeness (QED) is 0.749. The zero-order chi connectivity index (χ0) is 11.1. The van der Waals surface area contributed by atoms with Crippen LogP contribution < -0.4 is 0 Å². The van der Waals surface area contributed by atoms with Gasteiger partial charge in [-0.2, -0.15) is 8.42 Å². The number of hydroxylamine groups is 1. The number of carbonyl (C=O) groups excluding carboxylic acids is 1. The fourth-order valence-electron chi connectivity index (χ4n) is 1.41. The summed E-state index contributed by atoms with van der Waals surface area (Å²) in [5.74, 6) is -0.632. The first-order valence-corrected chi connectivity index (χ1v) is 5.84. The molecule has 1 aliphatic heterocycles. The monoisotopic (exact) mass is 227 g/mol. The van der Waals surface area contributed by atoms with Crippen LogP contribution in [0.3, 0.4) is 0 Å². The van der Waals surface area contributed by atoms with Gasteiger partial charge in [-0.05, 0) is 19.1 Å². The first kappa shape index (κ1) is 10.1. The van der Waals surface area contributed by atoms with Gasteiger partial charge >= 0.3 is 0 Å². The summed E-state index contributed by atoms with van der Waals surface area (Å²) in [5, 5.41) is 0. The number of sulfonamides is 1. The Morgan fingerprint density at radius 1 is 1.33 bits per heavy atom. The number of amides is 1. The van der Waals surface area contributed by atoms with Gasteiger partial charge in [0.05, 0.1) is 12.2 Å². The van der Waals surface area contributed by atoms with Crippen molar-refractivity contribution < 1.29 is 18.0 Å². The maximum atomic E-state index is 11.8. The Hall–Kier alpha value is -1.40. The molecule has 15 heavy (non-hydrogen) atoms. The number of hydrogen-bond acceptors (Lipinski definition) is 4. The first-order chi connectivity index (χ1) is 7.09. The molecular formula is C9H9NO4S. The normalized spacial score (nSPS) is 17.9. The number of benzene rings is 1. The largest absolute Gasteiger partial charge is 0.293 e. The average molecular weight is 227 g/mol. The Morgan fingerprint density at radius 2 is 2.00 bits per heavy atom. The smallest absolute Gasteiger partial charge is 0.266 e.